The molecular weight excluding hydrogens is 324 g/mol. The Morgan fingerprint density at radius 3 is 2.33 bits per heavy atom. The number of nitrogens with one attached hydrogen (secondary N) is 1. The van der Waals surface area contributed by atoms with E-state index in [1.54, 1.807) is 23.1 Å². The maximum atomic E-state index is 12.0. The van der Waals surface area contributed by atoms with Gasteiger partial charge in [0.1, 0.15) is 12.7 Å². The molecule has 3 aromatic rings. The summed E-state index contributed by atoms with van der Waals surface area (Å²) in [6.07, 6.45) is 3.55. The minimum Gasteiger partial charge on any atom is -0.352 e. The lowest BCUT2D eigenvalue weighted by atomic mass is 10.1. The topological polar surface area (TPSA) is 59.8 Å². The van der Waals surface area contributed by atoms with Crippen molar-refractivity contribution in [3.8, 4) is 0 Å². The Morgan fingerprint density at radius 1 is 1.00 bits per heavy atom. The van der Waals surface area contributed by atoms with E-state index in [2.05, 4.69) is 15.4 Å². The first-order chi connectivity index (χ1) is 11.7. The molecule has 0 bridgehead atoms. The average Bonchev–Trinajstić information content (AvgIpc) is 3.09. The molecular formula is C18H17ClN4O. The van der Waals surface area contributed by atoms with Gasteiger partial charge in [0.05, 0.1) is 13.0 Å². The van der Waals surface area contributed by atoms with Crippen LogP contribution in [0, 0.1) is 0 Å². The minimum atomic E-state index is -0.0102. The van der Waals surface area contributed by atoms with Gasteiger partial charge in [0.2, 0.25) is 5.91 Å². The maximum absolute atomic E-state index is 12.0. The number of hydrogen-bond donors (Lipinski definition) is 1. The molecule has 5 nitrogen and oxygen atoms in total. The molecule has 0 atom stereocenters. The van der Waals surface area contributed by atoms with Crippen molar-refractivity contribution in [1.82, 2.24) is 20.1 Å². The van der Waals surface area contributed by atoms with Crippen LogP contribution in [0.5, 0.6) is 0 Å². The molecule has 0 aliphatic heterocycles. The molecule has 0 fully saturated rings. The van der Waals surface area contributed by atoms with Gasteiger partial charge in [-0.3, -0.25) is 4.79 Å². The number of aromatic nitrogens is 3. The standard InChI is InChI=1S/C18H17ClN4O/c19-17-7-5-14(6-8-17)9-18(24)21-10-15-1-3-16(4-2-15)11-23-13-20-12-22-23/h1-8,12-13H,9-11H2,(H,21,24). The molecule has 0 aliphatic rings. The summed E-state index contributed by atoms with van der Waals surface area (Å²) >= 11 is 5.84. The summed E-state index contributed by atoms with van der Waals surface area (Å²) in [7, 11) is 0. The highest BCUT2D eigenvalue weighted by Crippen LogP contribution is 2.10. The summed E-state index contributed by atoms with van der Waals surface area (Å²) in [4.78, 5) is 15.9. The van der Waals surface area contributed by atoms with Crippen molar-refractivity contribution in [3.05, 3.63) is 82.9 Å². The van der Waals surface area contributed by atoms with Gasteiger partial charge in [0, 0.05) is 11.6 Å². The molecule has 1 amide bonds. The van der Waals surface area contributed by atoms with E-state index < -0.39 is 0 Å². The number of rotatable bonds is 6. The van der Waals surface area contributed by atoms with Crippen molar-refractivity contribution in [1.29, 1.82) is 0 Å². The lowest BCUT2D eigenvalue weighted by Gasteiger charge is -2.07. The lowest BCUT2D eigenvalue weighted by molar-refractivity contribution is -0.120. The van der Waals surface area contributed by atoms with Gasteiger partial charge in [-0.15, -0.1) is 0 Å². The fourth-order valence-corrected chi connectivity index (χ4v) is 2.44. The zero-order chi connectivity index (χ0) is 16.8. The zero-order valence-corrected chi connectivity index (χ0v) is 13.8. The van der Waals surface area contributed by atoms with Crippen molar-refractivity contribution in [2.75, 3.05) is 0 Å². The Labute approximate surface area is 145 Å². The van der Waals surface area contributed by atoms with Crippen LogP contribution in [-0.2, 0) is 24.3 Å². The third-order valence-corrected chi connectivity index (χ3v) is 3.85. The Kier molecular flexibility index (Phi) is 5.23. The number of amides is 1. The van der Waals surface area contributed by atoms with Crippen LogP contribution in [0.25, 0.3) is 0 Å². The van der Waals surface area contributed by atoms with Gasteiger partial charge in [0.15, 0.2) is 0 Å². The number of carbonyl (C=O) groups is 1. The summed E-state index contributed by atoms with van der Waals surface area (Å²) < 4.78 is 1.77. The van der Waals surface area contributed by atoms with E-state index in [-0.39, 0.29) is 5.91 Å². The van der Waals surface area contributed by atoms with Crippen LogP contribution in [0.2, 0.25) is 5.02 Å². The van der Waals surface area contributed by atoms with Gasteiger partial charge in [0.25, 0.3) is 0 Å². The first-order valence-electron chi connectivity index (χ1n) is 7.60. The second-order valence-electron chi connectivity index (χ2n) is 5.49. The van der Waals surface area contributed by atoms with Crippen LogP contribution in [0.1, 0.15) is 16.7 Å². The summed E-state index contributed by atoms with van der Waals surface area (Å²) in [5.41, 5.74) is 3.14. The molecule has 6 heteroatoms. The van der Waals surface area contributed by atoms with Gasteiger partial charge < -0.3 is 5.32 Å². The molecule has 122 valence electrons. The molecule has 1 aromatic heterocycles. The van der Waals surface area contributed by atoms with Gasteiger partial charge in [-0.25, -0.2) is 9.67 Å². The highest BCUT2D eigenvalue weighted by Gasteiger charge is 2.04. The SMILES string of the molecule is O=C(Cc1ccc(Cl)cc1)NCc1ccc(Cn2cncn2)cc1. The second kappa shape index (κ2) is 7.75. The fraction of sp³-hybridized carbons (Fsp3) is 0.167. The van der Waals surface area contributed by atoms with Crippen LogP contribution >= 0.6 is 11.6 Å². The summed E-state index contributed by atoms with van der Waals surface area (Å²) in [5, 5.41) is 7.68. The van der Waals surface area contributed by atoms with E-state index in [1.807, 2.05) is 36.4 Å². The van der Waals surface area contributed by atoms with Crippen LogP contribution in [0.4, 0.5) is 0 Å². The summed E-state index contributed by atoms with van der Waals surface area (Å²) in [5.74, 6) is -0.0102. The first kappa shape index (κ1) is 16.2. The molecule has 0 saturated heterocycles. The highest BCUT2D eigenvalue weighted by molar-refractivity contribution is 6.30. The fourth-order valence-electron chi connectivity index (χ4n) is 2.31. The lowest BCUT2D eigenvalue weighted by Crippen LogP contribution is -2.24. The minimum absolute atomic E-state index is 0.0102. The number of hydrogen-bond acceptors (Lipinski definition) is 3. The number of carbonyl (C=O) groups excluding carboxylic acids is 1. The van der Waals surface area contributed by atoms with Crippen LogP contribution in [0.15, 0.2) is 61.2 Å². The molecule has 0 spiro atoms. The normalized spacial score (nSPS) is 10.5. The Hall–Kier alpha value is -2.66. The van der Waals surface area contributed by atoms with E-state index in [9.17, 15) is 4.79 Å². The first-order valence-corrected chi connectivity index (χ1v) is 7.98. The molecule has 1 heterocycles. The van der Waals surface area contributed by atoms with Gasteiger partial charge >= 0.3 is 0 Å². The molecule has 0 radical (unpaired) electrons. The molecule has 0 unspecified atom stereocenters. The third-order valence-electron chi connectivity index (χ3n) is 3.60. The second-order valence-corrected chi connectivity index (χ2v) is 5.93. The number of halogens is 1. The van der Waals surface area contributed by atoms with Crippen molar-refractivity contribution in [3.63, 3.8) is 0 Å². The predicted molar refractivity (Wildman–Crippen MR) is 92.6 cm³/mol. The van der Waals surface area contributed by atoms with Gasteiger partial charge in [-0.2, -0.15) is 5.10 Å². The molecule has 2 aromatic carbocycles. The molecule has 1 N–H and O–H groups in total. The Morgan fingerprint density at radius 2 is 1.67 bits per heavy atom. The van der Waals surface area contributed by atoms with Crippen LogP contribution < -0.4 is 5.32 Å². The van der Waals surface area contributed by atoms with E-state index in [1.165, 1.54) is 6.33 Å². The number of nitrogens with zero attached hydrogens (tertiary/aromatic N) is 3. The molecule has 24 heavy (non-hydrogen) atoms. The number of benzene rings is 2. The molecule has 0 aliphatic carbocycles. The monoisotopic (exact) mass is 340 g/mol. The maximum Gasteiger partial charge on any atom is 0.224 e. The van der Waals surface area contributed by atoms with E-state index >= 15 is 0 Å². The molecule has 0 saturated carbocycles. The van der Waals surface area contributed by atoms with Crippen molar-refractivity contribution in [2.24, 2.45) is 0 Å². The third kappa shape index (κ3) is 4.67. The van der Waals surface area contributed by atoms with Gasteiger partial charge in [-0.1, -0.05) is 48.0 Å². The van der Waals surface area contributed by atoms with Crippen LogP contribution in [0.3, 0.4) is 0 Å². The van der Waals surface area contributed by atoms with Crippen molar-refractivity contribution in [2.45, 2.75) is 19.5 Å². The smallest absolute Gasteiger partial charge is 0.224 e. The van der Waals surface area contributed by atoms with Crippen molar-refractivity contribution >= 4 is 17.5 Å². The quantitative estimate of drug-likeness (QED) is 0.750. The van der Waals surface area contributed by atoms with Crippen LogP contribution in [-0.4, -0.2) is 20.7 Å². The highest BCUT2D eigenvalue weighted by atomic mass is 35.5. The van der Waals surface area contributed by atoms with E-state index in [0.717, 1.165) is 16.7 Å². The van der Waals surface area contributed by atoms with Gasteiger partial charge in [-0.05, 0) is 28.8 Å². The van der Waals surface area contributed by atoms with E-state index in [4.69, 9.17) is 11.6 Å². The Balaban J connectivity index is 1.49. The largest absolute Gasteiger partial charge is 0.352 e. The summed E-state index contributed by atoms with van der Waals surface area (Å²) in [6, 6.07) is 15.4. The average molecular weight is 341 g/mol. The zero-order valence-electron chi connectivity index (χ0n) is 13.0. The Bertz CT molecular complexity index is 783. The van der Waals surface area contributed by atoms with Crippen molar-refractivity contribution < 1.29 is 4.79 Å². The predicted octanol–water partition coefficient (Wildman–Crippen LogP) is 2.84. The van der Waals surface area contributed by atoms with E-state index in [0.29, 0.717) is 24.5 Å². The summed E-state index contributed by atoms with van der Waals surface area (Å²) in [6.45, 7) is 1.19. The molecule has 3 rings (SSSR count).